The van der Waals surface area contributed by atoms with E-state index in [0.29, 0.717) is 0 Å². The molecule has 42 heavy (non-hydrogen) atoms. The van der Waals surface area contributed by atoms with Crippen LogP contribution < -0.4 is 8.19 Å². The number of unbranched alkanes of at least 4 members (excludes halogenated alkanes) is 10. The van der Waals surface area contributed by atoms with Crippen molar-refractivity contribution in [3.8, 4) is 12.1 Å². The zero-order valence-corrected chi connectivity index (χ0v) is 28.2. The van der Waals surface area contributed by atoms with Crippen LogP contribution in [0.25, 0.3) is 51.1 Å². The van der Waals surface area contributed by atoms with Gasteiger partial charge in [0.15, 0.2) is 0 Å². The second kappa shape index (κ2) is 16.0. The van der Waals surface area contributed by atoms with E-state index in [9.17, 15) is 10.5 Å². The Kier molecular flexibility index (Phi) is 12.1. The van der Waals surface area contributed by atoms with Crippen LogP contribution in [0, 0.1) is 35.8 Å². The van der Waals surface area contributed by atoms with Gasteiger partial charge >= 0.3 is 263 Å². The quantitative estimate of drug-likeness (QED) is 0.0765. The molecule has 0 amide bonds. The monoisotopic (exact) mass is 686 g/mol. The van der Waals surface area contributed by atoms with Gasteiger partial charge in [-0.2, -0.15) is 0 Å². The molecule has 2 heterocycles. The first kappa shape index (κ1) is 31.8. The molecule has 214 valence electrons. The molecule has 0 atom stereocenters. The third kappa shape index (κ3) is 7.27. The number of aryl methyl sites for hydroxylation is 2. The molecule has 0 aliphatic heterocycles. The Hall–Kier alpha value is -3.08. The molecule has 2 aromatic heterocycles. The van der Waals surface area contributed by atoms with Gasteiger partial charge in [0, 0.05) is 0 Å². The molecule has 0 aliphatic rings. The molecule has 2 aromatic carbocycles. The van der Waals surface area contributed by atoms with E-state index < -0.39 is 0 Å². The summed E-state index contributed by atoms with van der Waals surface area (Å²) in [5.41, 5.74) is 2.97. The van der Waals surface area contributed by atoms with E-state index in [0.717, 1.165) is 33.9 Å². The Morgan fingerprint density at radius 3 is 1.50 bits per heavy atom. The van der Waals surface area contributed by atoms with Crippen LogP contribution >= 0.6 is 0 Å². The van der Waals surface area contributed by atoms with Crippen LogP contribution in [-0.2, 0) is 12.8 Å². The normalized spacial score (nSPS) is 10.9. The van der Waals surface area contributed by atoms with Gasteiger partial charge in [-0.15, -0.1) is 0 Å². The first-order valence-corrected chi connectivity index (χ1v) is 18.8. The van der Waals surface area contributed by atoms with E-state index in [1.165, 1.54) is 105 Å². The fourth-order valence-corrected chi connectivity index (χ4v) is 10.4. The molecule has 0 fully saturated rings. The molecule has 4 aromatic rings. The minimum atomic E-state index is -0.0727. The number of hydrogen-bond acceptors (Lipinski definition) is 2. The van der Waals surface area contributed by atoms with E-state index in [1.54, 1.807) is 0 Å². The molecule has 0 N–H and O–H groups in total. The number of nitriles is 2. The molecular weight excluding hydrogens is 646 g/mol. The van der Waals surface area contributed by atoms with Gasteiger partial charge < -0.3 is 0 Å². The van der Waals surface area contributed by atoms with Crippen LogP contribution in [0.1, 0.15) is 102 Å². The van der Waals surface area contributed by atoms with Crippen molar-refractivity contribution in [2.45, 2.75) is 104 Å². The standard InChI is InChI=1S/C36H38N4Se2/c1-5-7-9-11-13-15-17-26-29-20-34-31(22-35(42-34)36(39-3)40-4)27(18-16-14-12-10-8-6-2)28(29)19-33-30(26)21-32(41-33)25(23-37)24-38/h19-22H,5-18H2,1-2H3. The summed E-state index contributed by atoms with van der Waals surface area (Å²) in [5, 5.41) is 24.3. The Morgan fingerprint density at radius 2 is 1.05 bits per heavy atom. The summed E-state index contributed by atoms with van der Waals surface area (Å²) in [7, 11) is 0. The first-order valence-electron chi connectivity index (χ1n) is 15.3. The van der Waals surface area contributed by atoms with E-state index in [4.69, 9.17) is 13.1 Å². The summed E-state index contributed by atoms with van der Waals surface area (Å²) in [6, 6.07) is 13.2. The molecule has 0 aliphatic carbocycles. The van der Waals surface area contributed by atoms with Crippen molar-refractivity contribution in [1.82, 2.24) is 0 Å². The number of benzene rings is 2. The Morgan fingerprint density at radius 1 is 0.619 bits per heavy atom. The van der Waals surface area contributed by atoms with Crippen LogP contribution in [0.3, 0.4) is 0 Å². The van der Waals surface area contributed by atoms with Crippen molar-refractivity contribution in [3.63, 3.8) is 0 Å². The van der Waals surface area contributed by atoms with Gasteiger partial charge in [-0.1, -0.05) is 0 Å². The Labute approximate surface area is 262 Å². The van der Waals surface area contributed by atoms with Crippen molar-refractivity contribution >= 4 is 70.5 Å². The second-order valence-corrected chi connectivity index (χ2v) is 15.6. The molecule has 0 radical (unpaired) electrons. The van der Waals surface area contributed by atoms with E-state index in [1.807, 2.05) is 0 Å². The minimum absolute atomic E-state index is 0.0617. The van der Waals surface area contributed by atoms with Gasteiger partial charge in [0.05, 0.1) is 0 Å². The van der Waals surface area contributed by atoms with E-state index >= 15 is 0 Å². The molecule has 6 heteroatoms. The SMILES string of the molecule is [C-]#[N+]C([N+]#[C-])=c1cc2c(CCCCCCCC)c3cc4[se]c(=C(C#N)C#N)cc4c(CCCCCCCC)c3cc2[se]1. The molecule has 0 spiro atoms. The average molecular weight is 685 g/mol. The topological polar surface area (TPSA) is 56.3 Å². The summed E-state index contributed by atoms with van der Waals surface area (Å²) >= 11 is -0.134. The van der Waals surface area contributed by atoms with Gasteiger partial charge in [-0.3, -0.25) is 0 Å². The van der Waals surface area contributed by atoms with Gasteiger partial charge in [-0.25, -0.2) is 0 Å². The summed E-state index contributed by atoms with van der Waals surface area (Å²) in [4.78, 5) is 7.11. The maximum absolute atomic E-state index is 9.62. The molecule has 4 rings (SSSR count). The summed E-state index contributed by atoms with van der Waals surface area (Å²) in [6.07, 6.45) is 16.8. The number of rotatable bonds is 14. The molecule has 4 nitrogen and oxygen atoms in total. The van der Waals surface area contributed by atoms with Crippen molar-refractivity contribution in [2.24, 2.45) is 0 Å². The predicted molar refractivity (Wildman–Crippen MR) is 177 cm³/mol. The van der Waals surface area contributed by atoms with Crippen molar-refractivity contribution in [1.29, 1.82) is 10.5 Å². The molecule has 0 bridgehead atoms. The molecular formula is C36H38N4Se2. The summed E-state index contributed by atoms with van der Waals surface area (Å²) in [5.74, 6) is 0.211. The van der Waals surface area contributed by atoms with Crippen molar-refractivity contribution < 1.29 is 0 Å². The summed E-state index contributed by atoms with van der Waals surface area (Å²) < 4.78 is 4.36. The molecule has 0 unspecified atom stereocenters. The average Bonchev–Trinajstić information content (AvgIpc) is 3.62. The van der Waals surface area contributed by atoms with Gasteiger partial charge in [0.2, 0.25) is 0 Å². The van der Waals surface area contributed by atoms with Gasteiger partial charge in [0.1, 0.15) is 0 Å². The number of nitrogens with zero attached hydrogens (tertiary/aromatic N) is 4. The predicted octanol–water partition coefficient (Wildman–Crippen LogP) is 8.17. The van der Waals surface area contributed by atoms with Crippen LogP contribution in [0.4, 0.5) is 0 Å². The van der Waals surface area contributed by atoms with Gasteiger partial charge in [-0.05, 0) is 0 Å². The Bertz CT molecular complexity index is 1690. The van der Waals surface area contributed by atoms with Crippen molar-refractivity contribution in [3.05, 3.63) is 66.4 Å². The fourth-order valence-electron chi connectivity index (χ4n) is 5.91. The summed E-state index contributed by atoms with van der Waals surface area (Å²) in [6.45, 7) is 19.6. The van der Waals surface area contributed by atoms with E-state index in [2.05, 4.69) is 59.9 Å². The van der Waals surface area contributed by atoms with Crippen LogP contribution in [-0.4, -0.2) is 29.0 Å². The third-order valence-electron chi connectivity index (χ3n) is 8.13. The van der Waals surface area contributed by atoms with Gasteiger partial charge in [0.25, 0.3) is 0 Å². The molecule has 0 saturated carbocycles. The zero-order valence-electron chi connectivity index (χ0n) is 24.8. The third-order valence-corrected chi connectivity index (χ3v) is 12.7. The second-order valence-electron chi connectivity index (χ2n) is 11.0. The molecule has 0 saturated heterocycles. The first-order chi connectivity index (χ1) is 20.6. The Balaban J connectivity index is 1.93. The van der Waals surface area contributed by atoms with Crippen molar-refractivity contribution in [2.75, 3.05) is 0 Å². The maximum atomic E-state index is 9.62. The number of fused-ring (bicyclic) bond motifs is 3. The van der Waals surface area contributed by atoms with Crippen LogP contribution in [0.2, 0.25) is 0 Å². The zero-order chi connectivity index (χ0) is 29.9. The van der Waals surface area contributed by atoms with Crippen LogP contribution in [0.5, 0.6) is 0 Å². The number of hydrogen-bond donors (Lipinski definition) is 0. The van der Waals surface area contributed by atoms with Crippen LogP contribution in [0.15, 0.2) is 24.3 Å². The van der Waals surface area contributed by atoms with E-state index in [-0.39, 0.29) is 40.4 Å². The fraction of sp³-hybridized carbons (Fsp3) is 0.444.